The highest BCUT2D eigenvalue weighted by Gasteiger charge is 2.05. The number of thioether (sulfide) groups is 2. The van der Waals surface area contributed by atoms with Crippen molar-refractivity contribution in [1.82, 2.24) is 10.6 Å². The van der Waals surface area contributed by atoms with Gasteiger partial charge >= 0.3 is 0 Å². The number of rotatable bonds is 6. The van der Waals surface area contributed by atoms with Crippen LogP contribution < -0.4 is 10.6 Å². The van der Waals surface area contributed by atoms with E-state index >= 15 is 0 Å². The lowest BCUT2D eigenvalue weighted by molar-refractivity contribution is 0.787. The van der Waals surface area contributed by atoms with Gasteiger partial charge in [0.25, 0.3) is 0 Å². The van der Waals surface area contributed by atoms with Gasteiger partial charge in [0, 0.05) is 24.6 Å². The molecule has 0 aromatic carbocycles. The molecule has 2 aliphatic rings. The third kappa shape index (κ3) is 6.33. The van der Waals surface area contributed by atoms with Gasteiger partial charge in [0.05, 0.1) is 13.1 Å². The van der Waals surface area contributed by atoms with Crippen molar-refractivity contribution in [1.29, 1.82) is 0 Å². The highest BCUT2D eigenvalue weighted by Crippen LogP contribution is 2.12. The quantitative estimate of drug-likeness (QED) is 0.719. The maximum Gasteiger partial charge on any atom is 0.156 e. The summed E-state index contributed by atoms with van der Waals surface area (Å²) in [5, 5.41) is 8.85. The molecule has 0 unspecified atom stereocenters. The minimum atomic E-state index is 0. The van der Waals surface area contributed by atoms with Gasteiger partial charge in [-0.25, -0.2) is 0 Å². The number of nitrogens with one attached hydrogen (secondary N) is 2. The topological polar surface area (TPSA) is 48.8 Å². The molecule has 7 heteroatoms. The minimum absolute atomic E-state index is 0. The van der Waals surface area contributed by atoms with Crippen LogP contribution in [0.1, 0.15) is 19.3 Å². The maximum atomic E-state index is 4.36. The molecule has 0 aromatic heterocycles. The van der Waals surface area contributed by atoms with Gasteiger partial charge in [0.1, 0.15) is 0 Å². The molecule has 0 radical (unpaired) electrons. The summed E-state index contributed by atoms with van der Waals surface area (Å²) in [5.41, 5.74) is 0. The molecule has 0 saturated carbocycles. The Balaban J connectivity index is 0.00000162. The summed E-state index contributed by atoms with van der Waals surface area (Å²) in [4.78, 5) is 8.72. The van der Waals surface area contributed by atoms with Gasteiger partial charge in [0.2, 0.25) is 0 Å². The fourth-order valence-electron chi connectivity index (χ4n) is 1.66. The highest BCUT2D eigenvalue weighted by atomic mass is 79.9. The van der Waals surface area contributed by atoms with Gasteiger partial charge < -0.3 is 10.6 Å². The first kappa shape index (κ1) is 16.2. The van der Waals surface area contributed by atoms with Gasteiger partial charge in [-0.3, -0.25) is 9.98 Å². The average molecular weight is 353 g/mol. The van der Waals surface area contributed by atoms with Crippen LogP contribution in [0.5, 0.6) is 0 Å². The summed E-state index contributed by atoms with van der Waals surface area (Å²) in [6, 6.07) is 0. The molecule has 2 rings (SSSR count). The van der Waals surface area contributed by atoms with Gasteiger partial charge in [-0.05, 0) is 12.8 Å². The van der Waals surface area contributed by atoms with E-state index in [0.717, 1.165) is 36.5 Å². The fraction of sp³-hybridized carbons (Fsp3) is 0.818. The molecule has 2 heterocycles. The number of halogens is 1. The van der Waals surface area contributed by atoms with Crippen molar-refractivity contribution in [2.45, 2.75) is 19.3 Å². The smallest absolute Gasteiger partial charge is 0.156 e. The zero-order valence-electron chi connectivity index (χ0n) is 10.5. The minimum Gasteiger partial charge on any atom is -0.363 e. The van der Waals surface area contributed by atoms with E-state index in [1.54, 1.807) is 0 Å². The van der Waals surface area contributed by atoms with Crippen LogP contribution in [0.2, 0.25) is 0 Å². The van der Waals surface area contributed by atoms with E-state index in [4.69, 9.17) is 0 Å². The van der Waals surface area contributed by atoms with Crippen molar-refractivity contribution < 1.29 is 0 Å². The monoisotopic (exact) mass is 352 g/mol. The Bertz CT molecular complexity index is 269. The Labute approximate surface area is 128 Å². The first-order valence-electron chi connectivity index (χ1n) is 6.27. The van der Waals surface area contributed by atoms with Crippen LogP contribution in [0.15, 0.2) is 9.98 Å². The van der Waals surface area contributed by atoms with Crippen LogP contribution >= 0.6 is 40.5 Å². The Kier molecular flexibility index (Phi) is 8.96. The summed E-state index contributed by atoms with van der Waals surface area (Å²) < 4.78 is 0. The Morgan fingerprint density at radius 2 is 1.33 bits per heavy atom. The standard InChI is InChI=1S/C11H20N4S2.BrH/c1(2-8-16-10-12-4-5-13-10)3-9-17-11-14-6-7-15-11;/h1-9H2,(H,12,13)(H,14,15);1H. The van der Waals surface area contributed by atoms with Crippen LogP contribution in [0.3, 0.4) is 0 Å². The lowest BCUT2D eigenvalue weighted by Gasteiger charge is -2.03. The molecule has 0 atom stereocenters. The van der Waals surface area contributed by atoms with Gasteiger partial charge in [-0.2, -0.15) is 0 Å². The predicted octanol–water partition coefficient (Wildman–Crippen LogP) is 2.12. The van der Waals surface area contributed by atoms with Crippen LogP contribution in [0.4, 0.5) is 0 Å². The lowest BCUT2D eigenvalue weighted by Crippen LogP contribution is -2.15. The molecule has 2 aliphatic heterocycles. The summed E-state index contributed by atoms with van der Waals surface area (Å²) in [6.07, 6.45) is 3.87. The molecule has 0 saturated heterocycles. The number of unbranched alkanes of at least 4 members (excludes halogenated alkanes) is 2. The number of aliphatic imine (C=N–C) groups is 2. The van der Waals surface area contributed by atoms with Crippen molar-refractivity contribution in [2.24, 2.45) is 9.98 Å². The second-order valence-corrected chi connectivity index (χ2v) is 6.15. The van der Waals surface area contributed by atoms with Crippen molar-refractivity contribution in [3.05, 3.63) is 0 Å². The summed E-state index contributed by atoms with van der Waals surface area (Å²) in [5.74, 6) is 2.38. The van der Waals surface area contributed by atoms with Crippen molar-refractivity contribution in [3.8, 4) is 0 Å². The molecule has 0 amide bonds. The van der Waals surface area contributed by atoms with E-state index < -0.39 is 0 Å². The molecule has 18 heavy (non-hydrogen) atoms. The third-order valence-corrected chi connectivity index (χ3v) is 4.63. The summed E-state index contributed by atoms with van der Waals surface area (Å²) >= 11 is 3.73. The Morgan fingerprint density at radius 1 is 0.833 bits per heavy atom. The summed E-state index contributed by atoms with van der Waals surface area (Å²) in [6.45, 7) is 3.95. The maximum absolute atomic E-state index is 4.36. The van der Waals surface area contributed by atoms with E-state index in [-0.39, 0.29) is 17.0 Å². The third-order valence-electron chi connectivity index (χ3n) is 2.55. The normalized spacial score (nSPS) is 17.6. The second kappa shape index (κ2) is 9.97. The van der Waals surface area contributed by atoms with Crippen molar-refractivity contribution >= 4 is 50.8 Å². The van der Waals surface area contributed by atoms with E-state index in [1.807, 2.05) is 23.5 Å². The first-order valence-corrected chi connectivity index (χ1v) is 8.24. The zero-order valence-corrected chi connectivity index (χ0v) is 13.8. The fourth-order valence-corrected chi connectivity index (χ4v) is 3.52. The van der Waals surface area contributed by atoms with Gasteiger partial charge in [-0.1, -0.05) is 29.9 Å². The van der Waals surface area contributed by atoms with Gasteiger partial charge in [-0.15, -0.1) is 17.0 Å². The average Bonchev–Trinajstić information content (AvgIpc) is 3.00. The first-order chi connectivity index (χ1) is 8.45. The number of hydrogen-bond donors (Lipinski definition) is 2. The van der Waals surface area contributed by atoms with E-state index in [0.29, 0.717) is 0 Å². The number of hydrogen-bond acceptors (Lipinski definition) is 6. The molecule has 0 aromatic rings. The van der Waals surface area contributed by atoms with Crippen LogP contribution in [0.25, 0.3) is 0 Å². The molecule has 0 bridgehead atoms. The van der Waals surface area contributed by atoms with E-state index in [2.05, 4.69) is 20.6 Å². The van der Waals surface area contributed by atoms with E-state index in [1.165, 1.54) is 30.8 Å². The molecular formula is C11H21BrN4S2. The zero-order chi connectivity index (χ0) is 11.8. The molecule has 104 valence electrons. The molecule has 0 aliphatic carbocycles. The van der Waals surface area contributed by atoms with Crippen LogP contribution in [0, 0.1) is 0 Å². The molecule has 0 fully saturated rings. The van der Waals surface area contributed by atoms with Gasteiger partial charge in [0.15, 0.2) is 10.3 Å². The summed E-state index contributed by atoms with van der Waals surface area (Å²) in [7, 11) is 0. The SMILES string of the molecule is Br.C(CCSC1=NCCN1)CCSC1=NCCN1. The largest absolute Gasteiger partial charge is 0.363 e. The molecule has 0 spiro atoms. The Hall–Kier alpha value is 0.120. The number of nitrogens with zero attached hydrogens (tertiary/aromatic N) is 2. The van der Waals surface area contributed by atoms with Crippen molar-refractivity contribution in [2.75, 3.05) is 37.7 Å². The molecule has 4 nitrogen and oxygen atoms in total. The molecular weight excluding hydrogens is 332 g/mol. The van der Waals surface area contributed by atoms with Crippen LogP contribution in [-0.2, 0) is 0 Å². The van der Waals surface area contributed by atoms with Crippen molar-refractivity contribution in [3.63, 3.8) is 0 Å². The van der Waals surface area contributed by atoms with E-state index in [9.17, 15) is 0 Å². The second-order valence-electron chi connectivity index (χ2n) is 3.98. The predicted molar refractivity (Wildman–Crippen MR) is 89.7 cm³/mol. The highest BCUT2D eigenvalue weighted by molar-refractivity contribution is 8.93. The Morgan fingerprint density at radius 3 is 1.72 bits per heavy atom. The molecule has 2 N–H and O–H groups in total. The lowest BCUT2D eigenvalue weighted by atomic mass is 10.3. The van der Waals surface area contributed by atoms with Crippen LogP contribution in [-0.4, -0.2) is 48.0 Å². The number of amidine groups is 2.